The molecule has 1 unspecified atom stereocenters. The van der Waals surface area contributed by atoms with E-state index in [4.69, 9.17) is 4.74 Å². The molecule has 2 aromatic rings. The summed E-state index contributed by atoms with van der Waals surface area (Å²) in [4.78, 5) is 16.9. The van der Waals surface area contributed by atoms with Gasteiger partial charge in [-0.25, -0.2) is 0 Å². The molecule has 0 radical (unpaired) electrons. The highest BCUT2D eigenvalue weighted by Gasteiger charge is 2.40. The number of pyridine rings is 1. The van der Waals surface area contributed by atoms with Crippen molar-refractivity contribution in [3.63, 3.8) is 0 Å². The molecule has 2 N–H and O–H groups in total. The zero-order chi connectivity index (χ0) is 18.4. The Morgan fingerprint density at radius 1 is 1.15 bits per heavy atom. The number of nitrogens with one attached hydrogen (secondary N) is 1. The number of aliphatic hydroxyl groups is 1. The number of benzene rings is 1. The van der Waals surface area contributed by atoms with Gasteiger partial charge in [0.2, 0.25) is 5.91 Å². The van der Waals surface area contributed by atoms with Crippen LogP contribution >= 0.6 is 0 Å². The largest absolute Gasteiger partial charge is 0.394 e. The van der Waals surface area contributed by atoms with Crippen LogP contribution in [-0.2, 0) is 16.0 Å². The van der Waals surface area contributed by atoms with Crippen LogP contribution in [-0.4, -0.2) is 41.9 Å². The van der Waals surface area contributed by atoms with Crippen LogP contribution in [0.1, 0.15) is 25.3 Å². The normalized spacial score (nSPS) is 17.5. The summed E-state index contributed by atoms with van der Waals surface area (Å²) in [6.45, 7) is 2.94. The molecule has 2 heterocycles. The zero-order valence-electron chi connectivity index (χ0n) is 15.1. The molecule has 1 amide bonds. The van der Waals surface area contributed by atoms with E-state index in [1.165, 1.54) is 0 Å². The summed E-state index contributed by atoms with van der Waals surface area (Å²) in [7, 11) is 0. The Balaban J connectivity index is 1.77. The van der Waals surface area contributed by atoms with Gasteiger partial charge in [0.1, 0.15) is 0 Å². The van der Waals surface area contributed by atoms with Crippen LogP contribution in [0.25, 0.3) is 11.1 Å². The number of carbonyl (C=O) groups is 1. The molecule has 5 nitrogen and oxygen atoms in total. The van der Waals surface area contributed by atoms with Crippen LogP contribution < -0.4 is 5.32 Å². The third-order valence-electron chi connectivity index (χ3n) is 5.09. The van der Waals surface area contributed by atoms with Crippen molar-refractivity contribution in [2.75, 3.05) is 19.8 Å². The minimum atomic E-state index is -0.472. The van der Waals surface area contributed by atoms with E-state index in [-0.39, 0.29) is 18.6 Å². The zero-order valence-corrected chi connectivity index (χ0v) is 15.1. The third kappa shape index (κ3) is 4.29. The van der Waals surface area contributed by atoms with Gasteiger partial charge in [-0.05, 0) is 55.0 Å². The van der Waals surface area contributed by atoms with Crippen molar-refractivity contribution in [3.8, 4) is 11.1 Å². The molecule has 1 aliphatic rings. The van der Waals surface area contributed by atoms with Gasteiger partial charge in [0.15, 0.2) is 0 Å². The van der Waals surface area contributed by atoms with Crippen molar-refractivity contribution in [1.82, 2.24) is 10.3 Å². The van der Waals surface area contributed by atoms with E-state index >= 15 is 0 Å². The number of rotatable bonds is 6. The quantitative estimate of drug-likeness (QED) is 0.836. The molecule has 0 saturated carbocycles. The van der Waals surface area contributed by atoms with Crippen molar-refractivity contribution in [2.45, 2.75) is 32.2 Å². The van der Waals surface area contributed by atoms with Crippen LogP contribution in [0.15, 0.2) is 48.8 Å². The topological polar surface area (TPSA) is 71.5 Å². The fourth-order valence-corrected chi connectivity index (χ4v) is 3.42. The van der Waals surface area contributed by atoms with Gasteiger partial charge < -0.3 is 15.2 Å². The maximum atomic E-state index is 12.9. The number of aromatic nitrogens is 1. The van der Waals surface area contributed by atoms with Crippen LogP contribution in [0.4, 0.5) is 0 Å². The number of aliphatic hydroxyl groups excluding tert-OH is 1. The highest BCUT2D eigenvalue weighted by molar-refractivity contribution is 5.83. The first-order chi connectivity index (χ1) is 12.6. The van der Waals surface area contributed by atoms with Gasteiger partial charge in [-0.2, -0.15) is 0 Å². The second kappa shape index (κ2) is 8.43. The van der Waals surface area contributed by atoms with Crippen molar-refractivity contribution in [1.29, 1.82) is 0 Å². The smallest absolute Gasteiger partial charge is 0.227 e. The van der Waals surface area contributed by atoms with Crippen LogP contribution in [0.2, 0.25) is 0 Å². The van der Waals surface area contributed by atoms with Crippen LogP contribution in [0.5, 0.6) is 0 Å². The number of hydrogen-bond acceptors (Lipinski definition) is 4. The maximum Gasteiger partial charge on any atom is 0.227 e. The summed E-state index contributed by atoms with van der Waals surface area (Å²) in [5.74, 6) is 0.0144. The van der Waals surface area contributed by atoms with E-state index in [9.17, 15) is 9.90 Å². The van der Waals surface area contributed by atoms with Crippen LogP contribution in [0, 0.1) is 5.41 Å². The molecule has 26 heavy (non-hydrogen) atoms. The summed E-state index contributed by atoms with van der Waals surface area (Å²) in [5.41, 5.74) is 2.92. The molecule has 1 aromatic heterocycles. The lowest BCUT2D eigenvalue weighted by Crippen LogP contribution is -2.49. The van der Waals surface area contributed by atoms with Gasteiger partial charge in [0.25, 0.3) is 0 Å². The molecular formula is C21H26N2O3. The first-order valence-corrected chi connectivity index (χ1v) is 9.12. The Kier molecular flexibility index (Phi) is 6.01. The minimum Gasteiger partial charge on any atom is -0.394 e. The van der Waals surface area contributed by atoms with Gasteiger partial charge in [-0.1, -0.05) is 24.3 Å². The first kappa shape index (κ1) is 18.5. The van der Waals surface area contributed by atoms with E-state index in [1.54, 1.807) is 12.4 Å². The first-order valence-electron chi connectivity index (χ1n) is 9.12. The predicted octanol–water partition coefficient (Wildman–Crippen LogP) is 2.58. The summed E-state index contributed by atoms with van der Waals surface area (Å²) >= 11 is 0. The Bertz CT molecular complexity index is 710. The van der Waals surface area contributed by atoms with Gasteiger partial charge in [0.05, 0.1) is 12.0 Å². The van der Waals surface area contributed by atoms with Gasteiger partial charge in [-0.15, -0.1) is 0 Å². The van der Waals surface area contributed by atoms with E-state index < -0.39 is 5.41 Å². The van der Waals surface area contributed by atoms with Gasteiger partial charge in [0, 0.05) is 31.6 Å². The fraction of sp³-hybridized carbons (Fsp3) is 0.429. The van der Waals surface area contributed by atoms with Crippen molar-refractivity contribution >= 4 is 5.91 Å². The van der Waals surface area contributed by atoms with E-state index in [1.807, 2.05) is 19.1 Å². The Labute approximate surface area is 154 Å². The number of amides is 1. The molecule has 1 atom stereocenters. The molecule has 1 aromatic carbocycles. The highest BCUT2D eigenvalue weighted by Crippen LogP contribution is 2.35. The minimum absolute atomic E-state index is 0.0144. The third-order valence-corrected chi connectivity index (χ3v) is 5.09. The standard InChI is InChI=1S/C21H26N2O3/c1-16(15-24)23-20(25)21(8-12-26-13-9-21)14-17-2-4-18(5-3-17)19-6-10-22-11-7-19/h2-7,10-11,16,24H,8-9,12-15H2,1H3,(H,23,25). The number of ether oxygens (including phenoxy) is 1. The number of hydrogen-bond donors (Lipinski definition) is 2. The molecule has 0 bridgehead atoms. The van der Waals surface area contributed by atoms with E-state index in [0.29, 0.717) is 32.5 Å². The average molecular weight is 354 g/mol. The number of nitrogens with zero attached hydrogens (tertiary/aromatic N) is 1. The van der Waals surface area contributed by atoms with E-state index in [0.717, 1.165) is 16.7 Å². The summed E-state index contributed by atoms with van der Waals surface area (Å²) in [5, 5.41) is 12.2. The Morgan fingerprint density at radius 2 is 1.77 bits per heavy atom. The molecule has 0 spiro atoms. The van der Waals surface area contributed by atoms with Gasteiger partial charge >= 0.3 is 0 Å². The molecule has 1 saturated heterocycles. The van der Waals surface area contributed by atoms with Crippen LogP contribution in [0.3, 0.4) is 0 Å². The second-order valence-corrected chi connectivity index (χ2v) is 7.06. The molecule has 1 aliphatic heterocycles. The predicted molar refractivity (Wildman–Crippen MR) is 101 cm³/mol. The lowest BCUT2D eigenvalue weighted by molar-refractivity contribution is -0.137. The van der Waals surface area contributed by atoms with Crippen molar-refractivity contribution in [3.05, 3.63) is 54.4 Å². The summed E-state index contributed by atoms with van der Waals surface area (Å²) in [6.07, 6.45) is 5.64. The van der Waals surface area contributed by atoms with E-state index in [2.05, 4.69) is 34.6 Å². The highest BCUT2D eigenvalue weighted by atomic mass is 16.5. The molecular weight excluding hydrogens is 328 g/mol. The van der Waals surface area contributed by atoms with Crippen molar-refractivity contribution in [2.24, 2.45) is 5.41 Å². The Hall–Kier alpha value is -2.24. The SMILES string of the molecule is CC(CO)NC(=O)C1(Cc2ccc(-c3ccncc3)cc2)CCOCC1. The fourth-order valence-electron chi connectivity index (χ4n) is 3.42. The lowest BCUT2D eigenvalue weighted by Gasteiger charge is -2.36. The monoisotopic (exact) mass is 354 g/mol. The molecule has 3 rings (SSSR count). The Morgan fingerprint density at radius 3 is 2.38 bits per heavy atom. The molecule has 5 heteroatoms. The van der Waals surface area contributed by atoms with Gasteiger partial charge in [-0.3, -0.25) is 9.78 Å². The average Bonchev–Trinajstić information content (AvgIpc) is 2.70. The lowest BCUT2D eigenvalue weighted by atomic mass is 9.74. The summed E-state index contributed by atoms with van der Waals surface area (Å²) < 4.78 is 5.49. The summed E-state index contributed by atoms with van der Waals surface area (Å²) in [6, 6.07) is 12.1. The molecule has 138 valence electrons. The molecule has 1 fully saturated rings. The van der Waals surface area contributed by atoms with Crippen molar-refractivity contribution < 1.29 is 14.6 Å². The second-order valence-electron chi connectivity index (χ2n) is 7.06. The number of carbonyl (C=O) groups excluding carboxylic acids is 1. The molecule has 0 aliphatic carbocycles. The maximum absolute atomic E-state index is 12.9.